The summed E-state index contributed by atoms with van der Waals surface area (Å²) in [7, 11) is 1.60. The van der Waals surface area contributed by atoms with E-state index in [0.29, 0.717) is 24.7 Å². The van der Waals surface area contributed by atoms with Crippen molar-refractivity contribution in [2.45, 2.75) is 13.2 Å². The fourth-order valence-corrected chi connectivity index (χ4v) is 2.73. The van der Waals surface area contributed by atoms with E-state index < -0.39 is 0 Å². The second-order valence-corrected chi connectivity index (χ2v) is 6.06. The highest BCUT2D eigenvalue weighted by molar-refractivity contribution is 7.71. The summed E-state index contributed by atoms with van der Waals surface area (Å²) in [6, 6.07) is 16.9. The van der Waals surface area contributed by atoms with Crippen molar-refractivity contribution in [1.82, 2.24) is 9.24 Å². The van der Waals surface area contributed by atoms with Crippen LogP contribution in [0, 0.1) is 4.77 Å². The molecule has 0 amide bonds. The number of benzene rings is 2. The zero-order valence-corrected chi connectivity index (χ0v) is 15.1. The molecule has 134 valence electrons. The third kappa shape index (κ3) is 3.94. The minimum Gasteiger partial charge on any atom is -0.493 e. The number of hydrogen-bond acceptors (Lipinski definition) is 5. The summed E-state index contributed by atoms with van der Waals surface area (Å²) in [5.41, 5.74) is 1.67. The maximum Gasteiger partial charge on any atom is 0.272 e. The molecule has 26 heavy (non-hydrogen) atoms. The molecule has 0 spiro atoms. The van der Waals surface area contributed by atoms with Gasteiger partial charge in [-0.25, -0.2) is 0 Å². The van der Waals surface area contributed by atoms with Gasteiger partial charge in [0.1, 0.15) is 6.61 Å². The van der Waals surface area contributed by atoms with Crippen LogP contribution in [0.2, 0.25) is 0 Å². The van der Waals surface area contributed by atoms with E-state index in [-0.39, 0.29) is 10.3 Å². The molecule has 0 bridgehead atoms. The monoisotopic (exact) mass is 369 g/mol. The van der Waals surface area contributed by atoms with Gasteiger partial charge in [-0.2, -0.15) is 4.68 Å². The van der Waals surface area contributed by atoms with Crippen molar-refractivity contribution in [3.63, 3.8) is 0 Å². The second-order valence-electron chi connectivity index (χ2n) is 5.69. The molecule has 0 saturated carbocycles. The number of nitrogen functional groups attached to an aromatic ring is 1. The van der Waals surface area contributed by atoms with Crippen LogP contribution in [0.5, 0.6) is 11.5 Å². The third-order valence-corrected chi connectivity index (χ3v) is 4.34. The smallest absolute Gasteiger partial charge is 0.272 e. The van der Waals surface area contributed by atoms with E-state index in [2.05, 4.69) is 0 Å². The van der Waals surface area contributed by atoms with Crippen LogP contribution in [-0.2, 0) is 13.2 Å². The van der Waals surface area contributed by atoms with E-state index in [9.17, 15) is 4.79 Å². The SMILES string of the molecule is COc1ccc(Cn2ccc(=O)n(N)c2=S)cc1OCc1ccccc1. The molecule has 6 nitrogen and oxygen atoms in total. The van der Waals surface area contributed by atoms with E-state index in [1.807, 2.05) is 48.5 Å². The largest absolute Gasteiger partial charge is 0.493 e. The molecule has 3 aromatic rings. The van der Waals surface area contributed by atoms with Crippen LogP contribution < -0.4 is 20.9 Å². The lowest BCUT2D eigenvalue weighted by molar-refractivity contribution is 0.284. The van der Waals surface area contributed by atoms with Crippen molar-refractivity contribution in [2.24, 2.45) is 0 Å². The van der Waals surface area contributed by atoms with Gasteiger partial charge < -0.3 is 19.9 Å². The molecule has 0 atom stereocenters. The molecule has 2 aromatic carbocycles. The van der Waals surface area contributed by atoms with E-state index in [4.69, 9.17) is 27.5 Å². The van der Waals surface area contributed by atoms with Crippen molar-refractivity contribution in [1.29, 1.82) is 0 Å². The zero-order valence-electron chi connectivity index (χ0n) is 14.3. The van der Waals surface area contributed by atoms with E-state index in [1.165, 1.54) is 6.07 Å². The normalized spacial score (nSPS) is 10.5. The lowest BCUT2D eigenvalue weighted by Crippen LogP contribution is -2.30. The quantitative estimate of drug-likeness (QED) is 0.534. The number of ether oxygens (including phenoxy) is 2. The van der Waals surface area contributed by atoms with Gasteiger partial charge in [-0.15, -0.1) is 0 Å². The summed E-state index contributed by atoms with van der Waals surface area (Å²) < 4.78 is 14.2. The Labute approximate surface area is 156 Å². The fourth-order valence-electron chi connectivity index (χ4n) is 2.52. The van der Waals surface area contributed by atoms with Crippen LogP contribution >= 0.6 is 12.2 Å². The maximum absolute atomic E-state index is 11.5. The van der Waals surface area contributed by atoms with Gasteiger partial charge in [-0.3, -0.25) is 4.79 Å². The Morgan fingerprint density at radius 2 is 1.81 bits per heavy atom. The number of nitrogens with zero attached hydrogens (tertiary/aromatic N) is 2. The van der Waals surface area contributed by atoms with E-state index in [0.717, 1.165) is 15.8 Å². The number of hydrogen-bond donors (Lipinski definition) is 1. The summed E-state index contributed by atoms with van der Waals surface area (Å²) in [6.07, 6.45) is 1.63. The van der Waals surface area contributed by atoms with Crippen molar-refractivity contribution in [3.8, 4) is 11.5 Å². The molecule has 0 aliphatic rings. The fraction of sp³-hybridized carbons (Fsp3) is 0.158. The summed E-state index contributed by atoms with van der Waals surface area (Å²) in [5, 5.41) is 0. The molecule has 1 heterocycles. The van der Waals surface area contributed by atoms with Crippen molar-refractivity contribution in [2.75, 3.05) is 13.0 Å². The lowest BCUT2D eigenvalue weighted by Gasteiger charge is -2.14. The van der Waals surface area contributed by atoms with Gasteiger partial charge in [0.15, 0.2) is 11.5 Å². The van der Waals surface area contributed by atoms with Gasteiger partial charge in [0, 0.05) is 18.8 Å². The van der Waals surface area contributed by atoms with Crippen LogP contribution in [0.4, 0.5) is 0 Å². The van der Waals surface area contributed by atoms with E-state index >= 15 is 0 Å². The van der Waals surface area contributed by atoms with Crippen molar-refractivity contribution >= 4 is 12.2 Å². The third-order valence-electron chi connectivity index (χ3n) is 3.90. The number of methoxy groups -OCH3 is 1. The standard InChI is InChI=1S/C19H19N3O3S/c1-24-16-8-7-15(12-21-10-9-18(23)22(20)19(21)26)11-17(16)25-13-14-5-3-2-4-6-14/h2-11H,12-13,20H2,1H3. The highest BCUT2D eigenvalue weighted by Crippen LogP contribution is 2.29. The molecule has 0 unspecified atom stereocenters. The maximum atomic E-state index is 11.5. The Hall–Kier alpha value is -3.06. The molecular weight excluding hydrogens is 350 g/mol. The molecule has 3 rings (SSSR count). The average molecular weight is 369 g/mol. The molecule has 0 saturated heterocycles. The molecule has 2 N–H and O–H groups in total. The first-order chi connectivity index (χ1) is 12.6. The lowest BCUT2D eigenvalue weighted by atomic mass is 10.2. The first-order valence-electron chi connectivity index (χ1n) is 7.99. The minimum absolute atomic E-state index is 0.250. The van der Waals surface area contributed by atoms with E-state index in [1.54, 1.807) is 17.9 Å². The zero-order chi connectivity index (χ0) is 18.5. The molecule has 0 fully saturated rings. The number of rotatable bonds is 6. The second kappa shape index (κ2) is 7.88. The highest BCUT2D eigenvalue weighted by atomic mass is 32.1. The molecule has 0 aliphatic carbocycles. The van der Waals surface area contributed by atoms with Gasteiger partial charge in [-0.05, 0) is 35.5 Å². The summed E-state index contributed by atoms with van der Waals surface area (Å²) in [4.78, 5) is 11.5. The highest BCUT2D eigenvalue weighted by Gasteiger charge is 2.08. The van der Waals surface area contributed by atoms with Crippen molar-refractivity contribution < 1.29 is 9.47 Å². The first-order valence-corrected chi connectivity index (χ1v) is 8.40. The Bertz CT molecular complexity index is 1010. The van der Waals surface area contributed by atoms with Gasteiger partial charge in [0.25, 0.3) is 5.56 Å². The Balaban J connectivity index is 1.84. The summed E-state index contributed by atoms with van der Waals surface area (Å²) >= 11 is 5.22. The minimum atomic E-state index is -0.340. The molecule has 7 heteroatoms. The van der Waals surface area contributed by atoms with Crippen LogP contribution in [0.15, 0.2) is 65.6 Å². The van der Waals surface area contributed by atoms with Gasteiger partial charge >= 0.3 is 0 Å². The van der Waals surface area contributed by atoms with Crippen LogP contribution in [0.1, 0.15) is 11.1 Å². The Kier molecular flexibility index (Phi) is 5.38. The number of aromatic nitrogens is 2. The first kappa shape index (κ1) is 17.8. The molecule has 0 aliphatic heterocycles. The predicted molar refractivity (Wildman–Crippen MR) is 103 cm³/mol. The van der Waals surface area contributed by atoms with Crippen LogP contribution in [0.25, 0.3) is 0 Å². The topological polar surface area (TPSA) is 71.4 Å². The summed E-state index contributed by atoms with van der Waals surface area (Å²) in [6.45, 7) is 0.899. The van der Waals surface area contributed by atoms with Crippen LogP contribution in [0.3, 0.4) is 0 Å². The molecular formula is C19H19N3O3S. The van der Waals surface area contributed by atoms with Gasteiger partial charge in [0.05, 0.1) is 7.11 Å². The number of nitrogens with two attached hydrogens (primary N) is 1. The predicted octanol–water partition coefficient (Wildman–Crippen LogP) is 2.73. The van der Waals surface area contributed by atoms with Crippen LogP contribution in [-0.4, -0.2) is 16.4 Å². The Morgan fingerprint density at radius 3 is 2.54 bits per heavy atom. The Morgan fingerprint density at radius 1 is 1.04 bits per heavy atom. The van der Waals surface area contributed by atoms with Gasteiger partial charge in [0.2, 0.25) is 4.77 Å². The molecule has 0 radical (unpaired) electrons. The molecule has 1 aromatic heterocycles. The van der Waals surface area contributed by atoms with Crippen molar-refractivity contribution in [3.05, 3.63) is 87.0 Å². The summed E-state index contributed by atoms with van der Waals surface area (Å²) in [5.74, 6) is 6.95. The van der Waals surface area contributed by atoms with Gasteiger partial charge in [-0.1, -0.05) is 36.4 Å². The average Bonchev–Trinajstić information content (AvgIpc) is 2.68.